The standard InChI is InChI=1S/C20H26N4O/c1-14-8-10-23(11-9-14)20(25)17-13-21-24-15(2)12-18(22-19(17)24)16-6-4-3-5-7-16/h3-7,13-15,18,22H,8-12H2,1-2H3. The minimum atomic E-state index is 0.113. The molecule has 0 radical (unpaired) electrons. The highest BCUT2D eigenvalue weighted by Crippen LogP contribution is 2.36. The molecule has 0 aliphatic carbocycles. The number of nitrogens with zero attached hydrogens (tertiary/aromatic N) is 3. The zero-order valence-corrected chi connectivity index (χ0v) is 15.0. The van der Waals surface area contributed by atoms with Crippen molar-refractivity contribution in [1.82, 2.24) is 14.7 Å². The van der Waals surface area contributed by atoms with Gasteiger partial charge in [-0.3, -0.25) is 4.79 Å². The van der Waals surface area contributed by atoms with E-state index in [1.807, 2.05) is 15.6 Å². The van der Waals surface area contributed by atoms with Gasteiger partial charge in [-0.05, 0) is 37.7 Å². The van der Waals surface area contributed by atoms with Crippen molar-refractivity contribution in [1.29, 1.82) is 0 Å². The summed E-state index contributed by atoms with van der Waals surface area (Å²) in [5.74, 6) is 1.70. The average Bonchev–Trinajstić information content (AvgIpc) is 3.07. The minimum absolute atomic E-state index is 0.113. The van der Waals surface area contributed by atoms with Gasteiger partial charge in [0.2, 0.25) is 0 Å². The predicted octanol–water partition coefficient (Wildman–Crippen LogP) is 3.87. The lowest BCUT2D eigenvalue weighted by atomic mass is 9.97. The molecule has 5 nitrogen and oxygen atoms in total. The van der Waals surface area contributed by atoms with Crippen molar-refractivity contribution in [2.24, 2.45) is 5.92 Å². The monoisotopic (exact) mass is 338 g/mol. The van der Waals surface area contributed by atoms with E-state index in [4.69, 9.17) is 0 Å². The number of nitrogens with one attached hydrogen (secondary N) is 1. The van der Waals surface area contributed by atoms with Gasteiger partial charge in [-0.25, -0.2) is 4.68 Å². The molecule has 1 aromatic heterocycles. The molecule has 1 aromatic carbocycles. The van der Waals surface area contributed by atoms with Crippen LogP contribution < -0.4 is 5.32 Å². The van der Waals surface area contributed by atoms with E-state index in [-0.39, 0.29) is 18.0 Å². The zero-order valence-electron chi connectivity index (χ0n) is 15.0. The van der Waals surface area contributed by atoms with E-state index < -0.39 is 0 Å². The fourth-order valence-corrected chi connectivity index (χ4v) is 3.95. The molecule has 5 heteroatoms. The van der Waals surface area contributed by atoms with Gasteiger partial charge in [0.05, 0.1) is 18.3 Å². The number of likely N-dealkylation sites (tertiary alicyclic amines) is 1. The Bertz CT molecular complexity index is 746. The second-order valence-corrected chi connectivity index (χ2v) is 7.52. The maximum atomic E-state index is 13.0. The molecule has 25 heavy (non-hydrogen) atoms. The number of piperidine rings is 1. The Labute approximate surface area is 149 Å². The van der Waals surface area contributed by atoms with Crippen LogP contribution in [0.5, 0.6) is 0 Å². The smallest absolute Gasteiger partial charge is 0.259 e. The molecule has 0 bridgehead atoms. The number of amides is 1. The van der Waals surface area contributed by atoms with Crippen molar-refractivity contribution in [3.05, 3.63) is 47.7 Å². The summed E-state index contributed by atoms with van der Waals surface area (Å²) in [7, 11) is 0. The van der Waals surface area contributed by atoms with Crippen LogP contribution in [0.15, 0.2) is 36.5 Å². The summed E-state index contributed by atoms with van der Waals surface area (Å²) in [4.78, 5) is 15.0. The highest BCUT2D eigenvalue weighted by Gasteiger charge is 2.31. The molecule has 2 unspecified atom stereocenters. The average molecular weight is 338 g/mol. The molecule has 2 aliphatic heterocycles. The number of carbonyl (C=O) groups is 1. The molecule has 4 rings (SSSR count). The molecular formula is C20H26N4O. The SMILES string of the molecule is CC1CCN(C(=O)c2cnn3c2NC(c2ccccc2)CC3C)CC1. The summed E-state index contributed by atoms with van der Waals surface area (Å²) in [5.41, 5.74) is 1.97. The van der Waals surface area contributed by atoms with Crippen molar-refractivity contribution in [3.63, 3.8) is 0 Å². The number of hydrogen-bond acceptors (Lipinski definition) is 3. The van der Waals surface area contributed by atoms with Crippen molar-refractivity contribution < 1.29 is 4.79 Å². The van der Waals surface area contributed by atoms with Crippen LogP contribution >= 0.6 is 0 Å². The van der Waals surface area contributed by atoms with Gasteiger partial charge >= 0.3 is 0 Å². The Kier molecular flexibility index (Phi) is 4.24. The maximum absolute atomic E-state index is 13.0. The van der Waals surface area contributed by atoms with Crippen LogP contribution in [0.25, 0.3) is 0 Å². The Morgan fingerprint density at radius 2 is 1.88 bits per heavy atom. The Morgan fingerprint density at radius 3 is 2.60 bits per heavy atom. The van der Waals surface area contributed by atoms with Crippen LogP contribution in [0, 0.1) is 5.92 Å². The maximum Gasteiger partial charge on any atom is 0.259 e. The van der Waals surface area contributed by atoms with Crippen LogP contribution in [0.4, 0.5) is 5.82 Å². The Hall–Kier alpha value is -2.30. The number of benzene rings is 1. The van der Waals surface area contributed by atoms with Crippen molar-refractivity contribution in [2.45, 2.75) is 45.2 Å². The van der Waals surface area contributed by atoms with Crippen molar-refractivity contribution in [2.75, 3.05) is 18.4 Å². The number of rotatable bonds is 2. The third kappa shape index (κ3) is 3.03. The van der Waals surface area contributed by atoms with Gasteiger partial charge in [-0.15, -0.1) is 0 Å². The number of anilines is 1. The summed E-state index contributed by atoms with van der Waals surface area (Å²) in [6.45, 7) is 6.13. The van der Waals surface area contributed by atoms with E-state index in [0.29, 0.717) is 11.5 Å². The Balaban J connectivity index is 1.60. The van der Waals surface area contributed by atoms with Crippen molar-refractivity contribution in [3.8, 4) is 0 Å². The van der Waals surface area contributed by atoms with Gasteiger partial charge in [0, 0.05) is 13.1 Å². The van der Waals surface area contributed by atoms with E-state index in [0.717, 1.165) is 38.2 Å². The highest BCUT2D eigenvalue weighted by atomic mass is 16.2. The highest BCUT2D eigenvalue weighted by molar-refractivity contribution is 5.99. The largest absolute Gasteiger partial charge is 0.363 e. The molecule has 0 saturated carbocycles. The molecule has 132 valence electrons. The molecule has 2 aliphatic rings. The third-order valence-electron chi connectivity index (χ3n) is 5.60. The second kappa shape index (κ2) is 6.54. The molecule has 0 spiro atoms. The number of aromatic nitrogens is 2. The van der Waals surface area contributed by atoms with E-state index in [1.165, 1.54) is 5.56 Å². The van der Waals surface area contributed by atoms with Gasteiger partial charge in [-0.2, -0.15) is 5.10 Å². The van der Waals surface area contributed by atoms with Gasteiger partial charge in [0.1, 0.15) is 11.4 Å². The first-order chi connectivity index (χ1) is 12.1. The summed E-state index contributed by atoms with van der Waals surface area (Å²) in [6, 6.07) is 10.9. The molecule has 1 N–H and O–H groups in total. The summed E-state index contributed by atoms with van der Waals surface area (Å²) < 4.78 is 1.97. The lowest BCUT2D eigenvalue weighted by molar-refractivity contribution is 0.0698. The number of carbonyl (C=O) groups excluding carboxylic acids is 1. The summed E-state index contributed by atoms with van der Waals surface area (Å²) in [6.07, 6.45) is 4.89. The minimum Gasteiger partial charge on any atom is -0.363 e. The van der Waals surface area contributed by atoms with Crippen LogP contribution in [-0.2, 0) is 0 Å². The van der Waals surface area contributed by atoms with E-state index in [9.17, 15) is 4.79 Å². The number of fused-ring (bicyclic) bond motifs is 1. The number of hydrogen-bond donors (Lipinski definition) is 1. The molecule has 1 saturated heterocycles. The van der Waals surface area contributed by atoms with Crippen molar-refractivity contribution >= 4 is 11.7 Å². The molecule has 2 atom stereocenters. The van der Waals surface area contributed by atoms with Gasteiger partial charge < -0.3 is 10.2 Å². The van der Waals surface area contributed by atoms with E-state index in [2.05, 4.69) is 48.5 Å². The molecule has 1 amide bonds. The van der Waals surface area contributed by atoms with Gasteiger partial charge in [0.15, 0.2) is 0 Å². The lowest BCUT2D eigenvalue weighted by Crippen LogP contribution is -2.38. The van der Waals surface area contributed by atoms with Crippen LogP contribution in [-0.4, -0.2) is 33.7 Å². The second-order valence-electron chi connectivity index (χ2n) is 7.52. The molecule has 3 heterocycles. The van der Waals surface area contributed by atoms with Crippen LogP contribution in [0.2, 0.25) is 0 Å². The predicted molar refractivity (Wildman–Crippen MR) is 98.7 cm³/mol. The fraction of sp³-hybridized carbons (Fsp3) is 0.500. The zero-order chi connectivity index (χ0) is 17.4. The fourth-order valence-electron chi connectivity index (χ4n) is 3.95. The van der Waals surface area contributed by atoms with E-state index in [1.54, 1.807) is 6.20 Å². The van der Waals surface area contributed by atoms with Gasteiger partial charge in [-0.1, -0.05) is 37.3 Å². The lowest BCUT2D eigenvalue weighted by Gasteiger charge is -2.33. The first kappa shape index (κ1) is 16.2. The first-order valence-corrected chi connectivity index (χ1v) is 9.31. The normalized spacial score (nSPS) is 23.8. The molecule has 1 fully saturated rings. The quantitative estimate of drug-likeness (QED) is 0.904. The Morgan fingerprint density at radius 1 is 1.16 bits per heavy atom. The van der Waals surface area contributed by atoms with Crippen LogP contribution in [0.3, 0.4) is 0 Å². The summed E-state index contributed by atoms with van der Waals surface area (Å²) in [5, 5.41) is 8.08. The summed E-state index contributed by atoms with van der Waals surface area (Å²) >= 11 is 0. The first-order valence-electron chi connectivity index (χ1n) is 9.31. The van der Waals surface area contributed by atoms with Crippen LogP contribution in [0.1, 0.15) is 61.1 Å². The molecule has 2 aromatic rings. The third-order valence-corrected chi connectivity index (χ3v) is 5.60. The van der Waals surface area contributed by atoms with E-state index >= 15 is 0 Å². The van der Waals surface area contributed by atoms with Gasteiger partial charge in [0.25, 0.3) is 5.91 Å². The molecular weight excluding hydrogens is 312 g/mol. The topological polar surface area (TPSA) is 50.2 Å².